The van der Waals surface area contributed by atoms with Crippen molar-refractivity contribution in [1.29, 1.82) is 0 Å². The van der Waals surface area contributed by atoms with E-state index < -0.39 is 17.8 Å². The van der Waals surface area contributed by atoms with Crippen LogP contribution in [-0.2, 0) is 10.9 Å². The number of nitrogens with zero attached hydrogens (tertiary/aromatic N) is 1. The number of rotatable bonds is 2. The zero-order valence-corrected chi connectivity index (χ0v) is 11.5. The van der Waals surface area contributed by atoms with Crippen molar-refractivity contribution in [3.05, 3.63) is 52.8 Å². The Labute approximate surface area is 123 Å². The van der Waals surface area contributed by atoms with Crippen molar-refractivity contribution in [3.63, 3.8) is 0 Å². The highest BCUT2D eigenvalue weighted by Gasteiger charge is 2.32. The van der Waals surface area contributed by atoms with E-state index in [0.29, 0.717) is 16.1 Å². The SMILES string of the molecule is COC(=O)c1ccc(Cl)cc1-c1ccc(C(F)(F)F)nc1. The Morgan fingerprint density at radius 1 is 1.24 bits per heavy atom. The molecule has 0 saturated heterocycles. The van der Waals surface area contributed by atoms with Gasteiger partial charge in [-0.25, -0.2) is 4.79 Å². The third-order valence-corrected chi connectivity index (χ3v) is 2.99. The van der Waals surface area contributed by atoms with E-state index in [-0.39, 0.29) is 5.56 Å². The molecule has 0 saturated carbocycles. The largest absolute Gasteiger partial charge is 0.465 e. The molecule has 0 unspecified atom stereocenters. The Morgan fingerprint density at radius 2 is 1.95 bits per heavy atom. The molecule has 0 aliphatic heterocycles. The first-order chi connectivity index (χ1) is 9.82. The van der Waals surface area contributed by atoms with Crippen LogP contribution >= 0.6 is 11.6 Å². The number of halogens is 4. The number of methoxy groups -OCH3 is 1. The molecule has 110 valence electrons. The zero-order chi connectivity index (χ0) is 15.6. The van der Waals surface area contributed by atoms with Gasteiger partial charge >= 0.3 is 12.1 Å². The highest BCUT2D eigenvalue weighted by atomic mass is 35.5. The molecule has 0 aliphatic rings. The van der Waals surface area contributed by atoms with Gasteiger partial charge in [0.2, 0.25) is 0 Å². The number of aromatic nitrogens is 1. The van der Waals surface area contributed by atoms with Crippen molar-refractivity contribution < 1.29 is 22.7 Å². The molecule has 1 heterocycles. The number of pyridine rings is 1. The minimum Gasteiger partial charge on any atom is -0.465 e. The molecule has 0 fully saturated rings. The summed E-state index contributed by atoms with van der Waals surface area (Å²) in [7, 11) is 1.21. The molecular weight excluding hydrogens is 307 g/mol. The molecule has 0 amide bonds. The van der Waals surface area contributed by atoms with Crippen molar-refractivity contribution >= 4 is 17.6 Å². The van der Waals surface area contributed by atoms with Crippen molar-refractivity contribution in [2.45, 2.75) is 6.18 Å². The molecule has 0 aliphatic carbocycles. The molecule has 0 N–H and O–H groups in total. The van der Waals surface area contributed by atoms with Crippen LogP contribution in [-0.4, -0.2) is 18.1 Å². The van der Waals surface area contributed by atoms with Crippen LogP contribution in [0.3, 0.4) is 0 Å². The van der Waals surface area contributed by atoms with Gasteiger partial charge in [0.1, 0.15) is 5.69 Å². The summed E-state index contributed by atoms with van der Waals surface area (Å²) >= 11 is 5.87. The maximum atomic E-state index is 12.5. The second-order valence-electron chi connectivity index (χ2n) is 4.11. The molecule has 0 spiro atoms. The summed E-state index contributed by atoms with van der Waals surface area (Å²) in [5.41, 5.74) is -0.113. The lowest BCUT2D eigenvalue weighted by atomic mass is 10.0. The second-order valence-corrected chi connectivity index (χ2v) is 4.55. The summed E-state index contributed by atoms with van der Waals surface area (Å²) in [5.74, 6) is -0.610. The van der Waals surface area contributed by atoms with Gasteiger partial charge in [0, 0.05) is 16.8 Å². The van der Waals surface area contributed by atoms with Crippen molar-refractivity contribution in [1.82, 2.24) is 4.98 Å². The van der Waals surface area contributed by atoms with Crippen LogP contribution in [0.25, 0.3) is 11.1 Å². The van der Waals surface area contributed by atoms with E-state index in [2.05, 4.69) is 9.72 Å². The van der Waals surface area contributed by atoms with E-state index in [9.17, 15) is 18.0 Å². The lowest BCUT2D eigenvalue weighted by Gasteiger charge is -2.10. The topological polar surface area (TPSA) is 39.2 Å². The van der Waals surface area contributed by atoms with Crippen LogP contribution in [0.15, 0.2) is 36.5 Å². The predicted octanol–water partition coefficient (Wildman–Crippen LogP) is 4.21. The molecule has 7 heteroatoms. The Kier molecular flexibility index (Phi) is 4.18. The first-order valence-electron chi connectivity index (χ1n) is 5.74. The maximum absolute atomic E-state index is 12.5. The minimum atomic E-state index is -4.52. The molecule has 0 atom stereocenters. The monoisotopic (exact) mass is 315 g/mol. The fourth-order valence-electron chi connectivity index (χ4n) is 1.76. The van der Waals surface area contributed by atoms with Gasteiger partial charge in [0.15, 0.2) is 0 Å². The highest BCUT2D eigenvalue weighted by molar-refractivity contribution is 6.31. The van der Waals surface area contributed by atoms with E-state index in [4.69, 9.17) is 11.6 Å². The van der Waals surface area contributed by atoms with E-state index in [1.54, 1.807) is 0 Å². The molecular formula is C14H9ClF3NO2. The van der Waals surface area contributed by atoms with Gasteiger partial charge in [0.05, 0.1) is 12.7 Å². The van der Waals surface area contributed by atoms with Crippen LogP contribution in [0, 0.1) is 0 Å². The third-order valence-electron chi connectivity index (χ3n) is 2.75. The average Bonchev–Trinajstić information content (AvgIpc) is 2.45. The number of benzene rings is 1. The smallest absolute Gasteiger partial charge is 0.433 e. The number of hydrogen-bond donors (Lipinski definition) is 0. The van der Waals surface area contributed by atoms with Crippen LogP contribution in [0.4, 0.5) is 13.2 Å². The molecule has 21 heavy (non-hydrogen) atoms. The second kappa shape index (κ2) is 5.73. The standard InChI is InChI=1S/C14H9ClF3NO2/c1-21-13(20)10-4-3-9(15)6-11(10)8-2-5-12(19-7-8)14(16,17)18/h2-7H,1H3. The normalized spacial score (nSPS) is 11.3. The molecule has 2 aromatic rings. The molecule has 0 radical (unpaired) electrons. The molecule has 0 bridgehead atoms. The average molecular weight is 316 g/mol. The molecule has 2 rings (SSSR count). The maximum Gasteiger partial charge on any atom is 0.433 e. The molecule has 1 aromatic heterocycles. The first kappa shape index (κ1) is 15.3. The van der Waals surface area contributed by atoms with Gasteiger partial charge in [-0.15, -0.1) is 0 Å². The number of alkyl halides is 3. The number of carbonyl (C=O) groups excluding carboxylic acids is 1. The summed E-state index contributed by atoms with van der Waals surface area (Å²) in [5, 5.41) is 0.345. The quantitative estimate of drug-likeness (QED) is 0.779. The molecule has 1 aromatic carbocycles. The first-order valence-corrected chi connectivity index (χ1v) is 6.12. The van der Waals surface area contributed by atoms with Crippen LogP contribution in [0.2, 0.25) is 5.02 Å². The van der Waals surface area contributed by atoms with Gasteiger partial charge in [0.25, 0.3) is 0 Å². The van der Waals surface area contributed by atoms with Gasteiger partial charge < -0.3 is 4.74 Å². The summed E-state index contributed by atoms with van der Waals surface area (Å²) in [6, 6.07) is 6.49. The molecule has 3 nitrogen and oxygen atoms in total. The van der Waals surface area contributed by atoms with E-state index in [1.165, 1.54) is 31.4 Å². The van der Waals surface area contributed by atoms with Crippen molar-refractivity contribution in [2.75, 3.05) is 7.11 Å². The summed E-state index contributed by atoms with van der Waals surface area (Å²) in [4.78, 5) is 15.0. The van der Waals surface area contributed by atoms with Crippen LogP contribution in [0.5, 0.6) is 0 Å². The third kappa shape index (κ3) is 3.33. The van der Waals surface area contributed by atoms with Gasteiger partial charge in [-0.3, -0.25) is 4.98 Å². The fraction of sp³-hybridized carbons (Fsp3) is 0.143. The zero-order valence-electron chi connectivity index (χ0n) is 10.7. The van der Waals surface area contributed by atoms with E-state index in [0.717, 1.165) is 12.3 Å². The Bertz CT molecular complexity index is 669. The fourth-order valence-corrected chi connectivity index (χ4v) is 1.94. The van der Waals surface area contributed by atoms with Crippen LogP contribution in [0.1, 0.15) is 16.1 Å². The van der Waals surface area contributed by atoms with Crippen molar-refractivity contribution in [3.8, 4) is 11.1 Å². The van der Waals surface area contributed by atoms with E-state index in [1.807, 2.05) is 0 Å². The minimum absolute atomic E-state index is 0.198. The number of ether oxygens (including phenoxy) is 1. The number of esters is 1. The van der Waals surface area contributed by atoms with Gasteiger partial charge in [-0.05, 0) is 29.8 Å². The highest BCUT2D eigenvalue weighted by Crippen LogP contribution is 2.31. The predicted molar refractivity (Wildman–Crippen MR) is 71.0 cm³/mol. The summed E-state index contributed by atoms with van der Waals surface area (Å²) in [6.07, 6.45) is -3.47. The summed E-state index contributed by atoms with van der Waals surface area (Å²) in [6.45, 7) is 0. The Balaban J connectivity index is 2.51. The lowest BCUT2D eigenvalue weighted by molar-refractivity contribution is -0.141. The van der Waals surface area contributed by atoms with Gasteiger partial charge in [-0.1, -0.05) is 17.7 Å². The van der Waals surface area contributed by atoms with E-state index >= 15 is 0 Å². The Morgan fingerprint density at radius 3 is 2.48 bits per heavy atom. The Hall–Kier alpha value is -2.08. The van der Waals surface area contributed by atoms with Crippen molar-refractivity contribution in [2.24, 2.45) is 0 Å². The lowest BCUT2D eigenvalue weighted by Crippen LogP contribution is -2.08. The van der Waals surface area contributed by atoms with Gasteiger partial charge in [-0.2, -0.15) is 13.2 Å². The number of carbonyl (C=O) groups is 1. The van der Waals surface area contributed by atoms with Crippen LogP contribution < -0.4 is 0 Å². The summed E-state index contributed by atoms with van der Waals surface area (Å²) < 4.78 is 42.1. The number of hydrogen-bond acceptors (Lipinski definition) is 3.